The highest BCUT2D eigenvalue weighted by atomic mass is 16.5. The van der Waals surface area contributed by atoms with Gasteiger partial charge in [0.05, 0.1) is 0 Å². The monoisotopic (exact) mass is 527 g/mol. The lowest BCUT2D eigenvalue weighted by Crippen LogP contribution is -2.42. The van der Waals surface area contributed by atoms with Crippen LogP contribution in [-0.2, 0) is 0 Å². The van der Waals surface area contributed by atoms with E-state index in [1.54, 1.807) is 0 Å². The van der Waals surface area contributed by atoms with Gasteiger partial charge in [-0.2, -0.15) is 0 Å². The molecule has 5 nitrogen and oxygen atoms in total. The zero-order valence-corrected chi connectivity index (χ0v) is 24.1. The molecule has 1 heterocycles. The van der Waals surface area contributed by atoms with Crippen molar-refractivity contribution >= 4 is 5.91 Å². The summed E-state index contributed by atoms with van der Waals surface area (Å²) >= 11 is 0. The molecule has 0 saturated carbocycles. The fourth-order valence-corrected chi connectivity index (χ4v) is 5.66. The van der Waals surface area contributed by atoms with Crippen LogP contribution in [0.3, 0.4) is 0 Å². The predicted molar refractivity (Wildman–Crippen MR) is 161 cm³/mol. The van der Waals surface area contributed by atoms with Gasteiger partial charge in [0.1, 0.15) is 11.9 Å². The van der Waals surface area contributed by atoms with Crippen LogP contribution in [0.5, 0.6) is 5.75 Å². The topological polar surface area (TPSA) is 44.8 Å². The van der Waals surface area contributed by atoms with Crippen molar-refractivity contribution in [1.29, 1.82) is 0 Å². The number of rotatable bonds is 12. The zero-order valence-electron chi connectivity index (χ0n) is 24.1. The van der Waals surface area contributed by atoms with Crippen molar-refractivity contribution in [3.63, 3.8) is 0 Å². The average molecular weight is 528 g/mol. The Morgan fingerprint density at radius 3 is 2.03 bits per heavy atom. The van der Waals surface area contributed by atoms with E-state index >= 15 is 0 Å². The Bertz CT molecular complexity index is 1090. The molecule has 5 heteroatoms. The van der Waals surface area contributed by atoms with E-state index in [9.17, 15) is 4.79 Å². The second-order valence-corrected chi connectivity index (χ2v) is 11.2. The van der Waals surface area contributed by atoms with Crippen molar-refractivity contribution < 1.29 is 9.53 Å². The number of piperidine rings is 1. The standard InChI is InChI=1S/C34H45N3O2/c1-26(2)37(27(3)4)23-20-35-34(38)30-16-11-17-32(24-30)39-31-18-21-36(22-19-31)25-33(28-12-7-5-8-13-28)29-14-9-6-10-15-29/h5-17,24,26-27,31,33H,18-23,25H2,1-4H3,(H,35,38). The van der Waals surface area contributed by atoms with Gasteiger partial charge in [-0.3, -0.25) is 9.69 Å². The first-order valence-corrected chi connectivity index (χ1v) is 14.5. The van der Waals surface area contributed by atoms with Crippen molar-refractivity contribution in [3.8, 4) is 5.75 Å². The Hall–Kier alpha value is -3.15. The molecule has 3 aromatic carbocycles. The number of hydrogen-bond donors (Lipinski definition) is 1. The maximum absolute atomic E-state index is 12.8. The fraction of sp³-hybridized carbons (Fsp3) is 0.441. The first-order valence-electron chi connectivity index (χ1n) is 14.5. The van der Waals surface area contributed by atoms with E-state index in [2.05, 4.69) is 103 Å². The summed E-state index contributed by atoms with van der Waals surface area (Å²) in [6, 6.07) is 30.2. The minimum absolute atomic E-state index is 0.0457. The minimum atomic E-state index is -0.0457. The van der Waals surface area contributed by atoms with E-state index in [0.717, 1.165) is 44.8 Å². The van der Waals surface area contributed by atoms with Gasteiger partial charge < -0.3 is 15.0 Å². The third kappa shape index (κ3) is 8.42. The van der Waals surface area contributed by atoms with Gasteiger partial charge in [-0.1, -0.05) is 66.7 Å². The number of carbonyl (C=O) groups is 1. The Balaban J connectivity index is 1.28. The van der Waals surface area contributed by atoms with Crippen LogP contribution in [0.1, 0.15) is 67.9 Å². The molecule has 3 aromatic rings. The molecule has 1 amide bonds. The quantitative estimate of drug-likeness (QED) is 0.304. The van der Waals surface area contributed by atoms with Crippen LogP contribution in [0.2, 0.25) is 0 Å². The molecule has 1 N–H and O–H groups in total. The summed E-state index contributed by atoms with van der Waals surface area (Å²) in [5, 5.41) is 3.08. The highest BCUT2D eigenvalue weighted by Crippen LogP contribution is 2.28. The Labute approximate surface area is 235 Å². The number of ether oxygens (including phenoxy) is 1. The second kappa shape index (κ2) is 14.3. The molecule has 1 aliphatic heterocycles. The average Bonchev–Trinajstić information content (AvgIpc) is 2.95. The molecule has 0 spiro atoms. The van der Waals surface area contributed by atoms with Gasteiger partial charge >= 0.3 is 0 Å². The van der Waals surface area contributed by atoms with Crippen molar-refractivity contribution in [2.24, 2.45) is 0 Å². The molecule has 0 atom stereocenters. The number of nitrogens with one attached hydrogen (secondary N) is 1. The number of hydrogen-bond acceptors (Lipinski definition) is 4. The zero-order chi connectivity index (χ0) is 27.6. The third-order valence-electron chi connectivity index (χ3n) is 7.76. The smallest absolute Gasteiger partial charge is 0.251 e. The minimum Gasteiger partial charge on any atom is -0.490 e. The Morgan fingerprint density at radius 2 is 1.46 bits per heavy atom. The fourth-order valence-electron chi connectivity index (χ4n) is 5.66. The van der Waals surface area contributed by atoms with Crippen LogP contribution < -0.4 is 10.1 Å². The second-order valence-electron chi connectivity index (χ2n) is 11.2. The van der Waals surface area contributed by atoms with Gasteiger partial charge in [0, 0.05) is 56.3 Å². The number of benzene rings is 3. The van der Waals surface area contributed by atoms with Gasteiger partial charge in [-0.25, -0.2) is 0 Å². The maximum Gasteiger partial charge on any atom is 0.251 e. The first-order chi connectivity index (χ1) is 18.9. The number of nitrogens with zero attached hydrogens (tertiary/aromatic N) is 2. The van der Waals surface area contributed by atoms with Gasteiger partial charge in [0.25, 0.3) is 5.91 Å². The molecule has 208 valence electrons. The molecule has 4 rings (SSSR count). The Morgan fingerprint density at radius 1 is 0.872 bits per heavy atom. The van der Waals surface area contributed by atoms with Crippen molar-refractivity contribution in [3.05, 3.63) is 102 Å². The van der Waals surface area contributed by atoms with E-state index in [4.69, 9.17) is 4.74 Å². The van der Waals surface area contributed by atoms with Crippen molar-refractivity contribution in [2.45, 2.75) is 64.6 Å². The maximum atomic E-state index is 12.8. The lowest BCUT2D eigenvalue weighted by molar-refractivity contribution is 0.0930. The molecule has 1 aliphatic rings. The Kier molecular flexibility index (Phi) is 10.6. The van der Waals surface area contributed by atoms with E-state index in [-0.39, 0.29) is 12.0 Å². The van der Waals surface area contributed by atoms with Crippen molar-refractivity contribution in [1.82, 2.24) is 15.1 Å². The summed E-state index contributed by atoms with van der Waals surface area (Å²) in [5.41, 5.74) is 3.37. The lowest BCUT2D eigenvalue weighted by Gasteiger charge is -2.34. The lowest BCUT2D eigenvalue weighted by atomic mass is 9.90. The molecule has 0 radical (unpaired) electrons. The van der Waals surface area contributed by atoms with Crippen LogP contribution >= 0.6 is 0 Å². The van der Waals surface area contributed by atoms with Crippen LogP contribution in [0.15, 0.2) is 84.9 Å². The van der Waals surface area contributed by atoms with Crippen LogP contribution in [0.25, 0.3) is 0 Å². The van der Waals surface area contributed by atoms with E-state index in [1.165, 1.54) is 11.1 Å². The summed E-state index contributed by atoms with van der Waals surface area (Å²) in [6.07, 6.45) is 2.12. The van der Waals surface area contributed by atoms with Crippen LogP contribution in [0.4, 0.5) is 0 Å². The van der Waals surface area contributed by atoms with Gasteiger partial charge in [-0.05, 0) is 69.9 Å². The van der Waals surface area contributed by atoms with Gasteiger partial charge in [0.15, 0.2) is 0 Å². The van der Waals surface area contributed by atoms with E-state index in [1.807, 2.05) is 24.3 Å². The molecular weight excluding hydrogens is 482 g/mol. The molecule has 0 aliphatic carbocycles. The van der Waals surface area contributed by atoms with E-state index in [0.29, 0.717) is 30.1 Å². The summed E-state index contributed by atoms with van der Waals surface area (Å²) in [4.78, 5) is 17.7. The van der Waals surface area contributed by atoms with E-state index < -0.39 is 0 Å². The van der Waals surface area contributed by atoms with Crippen LogP contribution in [0, 0.1) is 0 Å². The van der Waals surface area contributed by atoms with Gasteiger partial charge in [0.2, 0.25) is 0 Å². The predicted octanol–water partition coefficient (Wildman–Crippen LogP) is 6.21. The van der Waals surface area contributed by atoms with Gasteiger partial charge in [-0.15, -0.1) is 0 Å². The normalized spacial score (nSPS) is 14.9. The summed E-state index contributed by atoms with van der Waals surface area (Å²) in [7, 11) is 0. The molecule has 1 saturated heterocycles. The first kappa shape index (κ1) is 28.8. The summed E-state index contributed by atoms with van der Waals surface area (Å²) < 4.78 is 6.36. The highest BCUT2D eigenvalue weighted by Gasteiger charge is 2.24. The molecular formula is C34H45N3O2. The number of likely N-dealkylation sites (tertiary alicyclic amines) is 1. The number of carbonyl (C=O) groups excluding carboxylic acids is 1. The summed E-state index contributed by atoms with van der Waals surface area (Å²) in [6.45, 7) is 13.2. The molecule has 0 unspecified atom stereocenters. The van der Waals surface area contributed by atoms with Crippen LogP contribution in [-0.4, -0.2) is 66.6 Å². The molecule has 0 aromatic heterocycles. The SMILES string of the molecule is CC(C)N(CCNC(=O)c1cccc(OC2CCN(CC(c3ccccc3)c3ccccc3)CC2)c1)C(C)C. The third-order valence-corrected chi connectivity index (χ3v) is 7.76. The van der Waals surface area contributed by atoms with Crippen molar-refractivity contribution in [2.75, 3.05) is 32.7 Å². The molecule has 39 heavy (non-hydrogen) atoms. The number of amides is 1. The largest absolute Gasteiger partial charge is 0.490 e. The summed E-state index contributed by atoms with van der Waals surface area (Å²) in [5.74, 6) is 1.09. The highest BCUT2D eigenvalue weighted by molar-refractivity contribution is 5.94. The molecule has 1 fully saturated rings. The molecule has 0 bridgehead atoms.